The van der Waals surface area contributed by atoms with Gasteiger partial charge < -0.3 is 14.8 Å². The molecular weight excluding hydrogens is 385 g/mol. The van der Waals surface area contributed by atoms with Crippen LogP contribution >= 0.6 is 15.9 Å². The van der Waals surface area contributed by atoms with Crippen LogP contribution in [-0.2, 0) is 13.2 Å². The Labute approximate surface area is 157 Å². The Kier molecular flexibility index (Phi) is 8.22. The largest absolute Gasteiger partial charge is 0.493 e. The van der Waals surface area contributed by atoms with Gasteiger partial charge in [-0.2, -0.15) is 0 Å². The van der Waals surface area contributed by atoms with Crippen LogP contribution in [0.4, 0.5) is 4.39 Å². The molecule has 0 atom stereocenters. The summed E-state index contributed by atoms with van der Waals surface area (Å²) in [5, 5.41) is 3.45. The maximum Gasteiger partial charge on any atom is 0.162 e. The first-order chi connectivity index (χ1) is 12.1. The molecule has 0 saturated carbocycles. The van der Waals surface area contributed by atoms with Crippen LogP contribution in [0.25, 0.3) is 0 Å². The highest BCUT2D eigenvalue weighted by atomic mass is 79.9. The van der Waals surface area contributed by atoms with Gasteiger partial charge in [-0.25, -0.2) is 4.39 Å². The zero-order valence-corrected chi connectivity index (χ0v) is 16.4. The topological polar surface area (TPSA) is 30.5 Å². The van der Waals surface area contributed by atoms with E-state index in [1.807, 2.05) is 12.1 Å². The average Bonchev–Trinajstić information content (AvgIpc) is 2.62. The summed E-state index contributed by atoms with van der Waals surface area (Å²) in [4.78, 5) is 0. The van der Waals surface area contributed by atoms with Crippen molar-refractivity contribution >= 4 is 15.9 Å². The predicted octanol–water partition coefficient (Wildman–Crippen LogP) is 5.46. The minimum absolute atomic E-state index is 0.250. The number of nitrogens with one attached hydrogen (secondary N) is 1. The lowest BCUT2D eigenvalue weighted by molar-refractivity contribution is 0.284. The molecule has 0 aliphatic heterocycles. The van der Waals surface area contributed by atoms with Gasteiger partial charge in [0, 0.05) is 11.0 Å². The van der Waals surface area contributed by atoms with Crippen LogP contribution in [0.1, 0.15) is 37.3 Å². The summed E-state index contributed by atoms with van der Waals surface area (Å²) in [6.45, 7) is 4.34. The molecule has 25 heavy (non-hydrogen) atoms. The molecule has 0 radical (unpaired) electrons. The summed E-state index contributed by atoms with van der Waals surface area (Å²) >= 11 is 3.60. The highest BCUT2D eigenvalue weighted by Crippen LogP contribution is 2.34. The Morgan fingerprint density at radius 2 is 1.84 bits per heavy atom. The smallest absolute Gasteiger partial charge is 0.162 e. The Hall–Kier alpha value is -1.59. The van der Waals surface area contributed by atoms with Gasteiger partial charge in [-0.15, -0.1) is 0 Å². The van der Waals surface area contributed by atoms with Gasteiger partial charge in [0.05, 0.1) is 7.11 Å². The molecule has 0 saturated heterocycles. The van der Waals surface area contributed by atoms with E-state index >= 15 is 0 Å². The second-order valence-electron chi connectivity index (χ2n) is 5.89. The van der Waals surface area contributed by atoms with Crippen LogP contribution < -0.4 is 14.8 Å². The standard InChI is InChI=1S/C20H25BrFNO2/c1-3-4-5-10-23-13-16-11-19(24-2)20(12-18(16)21)25-14-15-6-8-17(22)9-7-15/h6-9,11-12,23H,3-5,10,13-14H2,1-2H3. The Morgan fingerprint density at radius 1 is 1.08 bits per heavy atom. The lowest BCUT2D eigenvalue weighted by Gasteiger charge is -2.14. The van der Waals surface area contributed by atoms with Crippen molar-refractivity contribution in [2.24, 2.45) is 0 Å². The van der Waals surface area contributed by atoms with Crippen molar-refractivity contribution < 1.29 is 13.9 Å². The second-order valence-corrected chi connectivity index (χ2v) is 6.75. The molecule has 2 aromatic carbocycles. The number of methoxy groups -OCH3 is 1. The normalized spacial score (nSPS) is 10.7. The van der Waals surface area contributed by atoms with Crippen LogP contribution in [-0.4, -0.2) is 13.7 Å². The second kappa shape index (κ2) is 10.4. The van der Waals surface area contributed by atoms with Gasteiger partial charge >= 0.3 is 0 Å². The average molecular weight is 410 g/mol. The summed E-state index contributed by atoms with van der Waals surface area (Å²) in [5.41, 5.74) is 2.03. The first-order valence-corrected chi connectivity index (χ1v) is 9.37. The summed E-state index contributed by atoms with van der Waals surface area (Å²) < 4.78 is 25.2. The van der Waals surface area contributed by atoms with Crippen LogP contribution in [0.5, 0.6) is 11.5 Å². The molecule has 5 heteroatoms. The van der Waals surface area contributed by atoms with Gasteiger partial charge in [0.1, 0.15) is 12.4 Å². The number of halogens is 2. The molecule has 0 aliphatic carbocycles. The third-order valence-corrected chi connectivity index (χ3v) is 4.65. The minimum Gasteiger partial charge on any atom is -0.493 e. The van der Waals surface area contributed by atoms with Gasteiger partial charge in [-0.1, -0.05) is 47.8 Å². The molecule has 0 fully saturated rings. The van der Waals surface area contributed by atoms with Crippen molar-refractivity contribution in [3.05, 3.63) is 57.8 Å². The van der Waals surface area contributed by atoms with E-state index in [1.165, 1.54) is 31.4 Å². The molecule has 0 bridgehead atoms. The van der Waals surface area contributed by atoms with Gasteiger partial charge in [0.15, 0.2) is 11.5 Å². The molecule has 0 spiro atoms. The zero-order chi connectivity index (χ0) is 18.1. The Bertz CT molecular complexity index is 661. The fourth-order valence-electron chi connectivity index (χ4n) is 2.45. The van der Waals surface area contributed by atoms with E-state index in [4.69, 9.17) is 9.47 Å². The van der Waals surface area contributed by atoms with E-state index in [2.05, 4.69) is 28.2 Å². The van der Waals surface area contributed by atoms with Gasteiger partial charge in [-0.05, 0) is 48.4 Å². The lowest BCUT2D eigenvalue weighted by atomic mass is 10.2. The monoisotopic (exact) mass is 409 g/mol. The maximum absolute atomic E-state index is 13.0. The molecule has 136 valence electrons. The van der Waals surface area contributed by atoms with E-state index in [9.17, 15) is 4.39 Å². The molecule has 0 aromatic heterocycles. The van der Waals surface area contributed by atoms with E-state index in [0.29, 0.717) is 18.1 Å². The molecule has 0 heterocycles. The molecule has 3 nitrogen and oxygen atoms in total. The number of unbranched alkanes of at least 4 members (excludes halogenated alkanes) is 2. The fourth-order valence-corrected chi connectivity index (χ4v) is 2.91. The van der Waals surface area contributed by atoms with Crippen LogP contribution in [0, 0.1) is 5.82 Å². The quantitative estimate of drug-likeness (QED) is 0.528. The molecule has 0 amide bonds. The summed E-state index contributed by atoms with van der Waals surface area (Å²) in [6.07, 6.45) is 3.65. The number of ether oxygens (including phenoxy) is 2. The fraction of sp³-hybridized carbons (Fsp3) is 0.400. The Balaban J connectivity index is 1.98. The van der Waals surface area contributed by atoms with Crippen molar-refractivity contribution in [2.75, 3.05) is 13.7 Å². The van der Waals surface area contributed by atoms with Crippen molar-refractivity contribution in [1.82, 2.24) is 5.32 Å². The van der Waals surface area contributed by atoms with E-state index in [-0.39, 0.29) is 5.82 Å². The van der Waals surface area contributed by atoms with Gasteiger partial charge in [-0.3, -0.25) is 0 Å². The molecular formula is C20H25BrFNO2. The molecule has 2 aromatic rings. The van der Waals surface area contributed by atoms with E-state index in [0.717, 1.165) is 28.7 Å². The number of hydrogen-bond donors (Lipinski definition) is 1. The van der Waals surface area contributed by atoms with Crippen LogP contribution in [0.15, 0.2) is 40.9 Å². The van der Waals surface area contributed by atoms with Crippen LogP contribution in [0.2, 0.25) is 0 Å². The molecule has 2 rings (SSSR count). The van der Waals surface area contributed by atoms with Crippen molar-refractivity contribution in [2.45, 2.75) is 39.3 Å². The highest BCUT2D eigenvalue weighted by Gasteiger charge is 2.10. The van der Waals surface area contributed by atoms with Crippen molar-refractivity contribution in [1.29, 1.82) is 0 Å². The summed E-state index contributed by atoms with van der Waals surface area (Å²) in [7, 11) is 1.63. The maximum atomic E-state index is 13.0. The van der Waals surface area contributed by atoms with E-state index in [1.54, 1.807) is 19.2 Å². The Morgan fingerprint density at radius 3 is 2.52 bits per heavy atom. The molecule has 1 N–H and O–H groups in total. The van der Waals surface area contributed by atoms with Gasteiger partial charge in [0.2, 0.25) is 0 Å². The number of hydrogen-bond acceptors (Lipinski definition) is 3. The zero-order valence-electron chi connectivity index (χ0n) is 14.8. The van der Waals surface area contributed by atoms with Crippen molar-refractivity contribution in [3.8, 4) is 11.5 Å². The number of rotatable bonds is 10. The molecule has 0 aliphatic rings. The SMILES string of the molecule is CCCCCNCc1cc(OC)c(OCc2ccc(F)cc2)cc1Br. The predicted molar refractivity (Wildman–Crippen MR) is 103 cm³/mol. The minimum atomic E-state index is -0.250. The summed E-state index contributed by atoms with van der Waals surface area (Å²) in [6, 6.07) is 10.2. The number of benzene rings is 2. The molecule has 0 unspecified atom stereocenters. The highest BCUT2D eigenvalue weighted by molar-refractivity contribution is 9.10. The first kappa shape index (κ1) is 19.7. The van der Waals surface area contributed by atoms with E-state index < -0.39 is 0 Å². The third-order valence-electron chi connectivity index (χ3n) is 3.91. The third kappa shape index (κ3) is 6.33. The first-order valence-electron chi connectivity index (χ1n) is 8.58. The summed E-state index contributed by atoms with van der Waals surface area (Å²) in [5.74, 6) is 1.10. The lowest BCUT2D eigenvalue weighted by Crippen LogP contribution is -2.15. The van der Waals surface area contributed by atoms with Crippen molar-refractivity contribution in [3.63, 3.8) is 0 Å². The van der Waals surface area contributed by atoms with Gasteiger partial charge in [0.25, 0.3) is 0 Å². The van der Waals surface area contributed by atoms with Crippen LogP contribution in [0.3, 0.4) is 0 Å².